The molecule has 3 aliphatic rings. The quantitative estimate of drug-likeness (QED) is 0.743. The predicted octanol–water partition coefficient (Wildman–Crippen LogP) is 3.68. The van der Waals surface area contributed by atoms with E-state index in [-0.39, 0.29) is 11.6 Å². The van der Waals surface area contributed by atoms with Gasteiger partial charge in [0.25, 0.3) is 5.56 Å². The van der Waals surface area contributed by atoms with E-state index in [1.807, 2.05) is 12.3 Å². The smallest absolute Gasteiger partial charge is 0.345 e. The number of carbonyl (C=O) groups is 1. The molecule has 4 heteroatoms. The van der Waals surface area contributed by atoms with Gasteiger partial charge in [-0.25, -0.2) is 4.79 Å². The second-order valence-electron chi connectivity index (χ2n) is 7.05. The first-order valence-electron chi connectivity index (χ1n) is 8.70. The van der Waals surface area contributed by atoms with Crippen molar-refractivity contribution in [3.63, 3.8) is 0 Å². The molecule has 2 fully saturated rings. The summed E-state index contributed by atoms with van der Waals surface area (Å²) in [5.74, 6) is -0.396. The SMILES string of the molecule is O=C1OC2(CCCCC2)c2ccn(C3CCCCC3)c(=O)c21. The molecule has 1 aliphatic heterocycles. The van der Waals surface area contributed by atoms with Gasteiger partial charge in [0.1, 0.15) is 11.2 Å². The first kappa shape index (κ1) is 14.0. The number of rotatable bonds is 1. The van der Waals surface area contributed by atoms with Gasteiger partial charge in [-0.2, -0.15) is 0 Å². The highest BCUT2D eigenvalue weighted by molar-refractivity contribution is 5.94. The van der Waals surface area contributed by atoms with Gasteiger partial charge in [-0.1, -0.05) is 25.7 Å². The molecule has 0 amide bonds. The number of aromatic nitrogens is 1. The van der Waals surface area contributed by atoms with Crippen LogP contribution >= 0.6 is 0 Å². The van der Waals surface area contributed by atoms with Crippen LogP contribution in [0.2, 0.25) is 0 Å². The highest BCUT2D eigenvalue weighted by atomic mass is 16.6. The number of hydrogen-bond acceptors (Lipinski definition) is 3. The summed E-state index contributed by atoms with van der Waals surface area (Å²) < 4.78 is 7.52. The van der Waals surface area contributed by atoms with Crippen LogP contribution in [-0.2, 0) is 10.3 Å². The zero-order chi connectivity index (χ0) is 15.2. The van der Waals surface area contributed by atoms with Crippen molar-refractivity contribution in [2.24, 2.45) is 0 Å². The van der Waals surface area contributed by atoms with Crippen molar-refractivity contribution >= 4 is 5.97 Å². The van der Waals surface area contributed by atoms with Crippen LogP contribution in [0.4, 0.5) is 0 Å². The third-order valence-corrected chi connectivity index (χ3v) is 5.73. The number of fused-ring (bicyclic) bond motifs is 2. The Bertz CT molecular complexity index is 649. The summed E-state index contributed by atoms with van der Waals surface area (Å²) in [6, 6.07) is 2.24. The molecule has 1 aromatic heterocycles. The topological polar surface area (TPSA) is 48.3 Å². The van der Waals surface area contributed by atoms with Crippen molar-refractivity contribution in [3.05, 3.63) is 33.7 Å². The van der Waals surface area contributed by atoms with Gasteiger partial charge in [0.15, 0.2) is 0 Å². The monoisotopic (exact) mass is 301 g/mol. The number of nitrogens with zero attached hydrogens (tertiary/aromatic N) is 1. The summed E-state index contributed by atoms with van der Waals surface area (Å²) in [5.41, 5.74) is 0.538. The molecule has 1 spiro atoms. The minimum atomic E-state index is -0.504. The molecule has 0 unspecified atom stereocenters. The van der Waals surface area contributed by atoms with Gasteiger partial charge in [-0.15, -0.1) is 0 Å². The summed E-state index contributed by atoms with van der Waals surface area (Å²) in [5, 5.41) is 0. The van der Waals surface area contributed by atoms with E-state index in [4.69, 9.17) is 4.74 Å². The molecule has 0 bridgehead atoms. The van der Waals surface area contributed by atoms with Crippen molar-refractivity contribution in [1.29, 1.82) is 0 Å². The lowest BCUT2D eigenvalue weighted by atomic mass is 9.79. The molecule has 1 aromatic rings. The van der Waals surface area contributed by atoms with Gasteiger partial charge in [0.2, 0.25) is 0 Å². The first-order chi connectivity index (χ1) is 10.7. The molecule has 0 saturated heterocycles. The molecular formula is C18H23NO3. The highest BCUT2D eigenvalue weighted by Gasteiger charge is 2.47. The zero-order valence-electron chi connectivity index (χ0n) is 13.0. The normalized spacial score (nSPS) is 24.3. The maximum atomic E-state index is 12.9. The van der Waals surface area contributed by atoms with Crippen LogP contribution in [0.5, 0.6) is 0 Å². The third kappa shape index (κ3) is 2.03. The van der Waals surface area contributed by atoms with Gasteiger partial charge in [0, 0.05) is 17.8 Å². The lowest BCUT2D eigenvalue weighted by Gasteiger charge is -2.32. The Kier molecular flexibility index (Phi) is 3.35. The van der Waals surface area contributed by atoms with E-state index in [0.717, 1.165) is 44.1 Å². The Morgan fingerprint density at radius 1 is 1.00 bits per heavy atom. The Balaban J connectivity index is 1.77. The van der Waals surface area contributed by atoms with E-state index >= 15 is 0 Å². The zero-order valence-corrected chi connectivity index (χ0v) is 13.0. The van der Waals surface area contributed by atoms with E-state index in [1.165, 1.54) is 25.7 Å². The van der Waals surface area contributed by atoms with E-state index < -0.39 is 11.6 Å². The van der Waals surface area contributed by atoms with Crippen LogP contribution in [0.15, 0.2) is 17.1 Å². The van der Waals surface area contributed by atoms with E-state index in [9.17, 15) is 9.59 Å². The number of hydrogen-bond donors (Lipinski definition) is 0. The van der Waals surface area contributed by atoms with Crippen LogP contribution in [0.1, 0.15) is 86.2 Å². The number of carbonyl (C=O) groups excluding carboxylic acids is 1. The molecular weight excluding hydrogens is 278 g/mol. The molecule has 2 aliphatic carbocycles. The summed E-state index contributed by atoms with van der Waals surface area (Å²) in [7, 11) is 0. The average Bonchev–Trinajstić information content (AvgIpc) is 2.82. The van der Waals surface area contributed by atoms with Crippen LogP contribution in [-0.4, -0.2) is 10.5 Å². The van der Waals surface area contributed by atoms with Gasteiger partial charge in [-0.05, 0) is 44.6 Å². The van der Waals surface area contributed by atoms with E-state index in [0.29, 0.717) is 5.56 Å². The molecule has 4 nitrogen and oxygen atoms in total. The number of ether oxygens (including phenoxy) is 1. The van der Waals surface area contributed by atoms with Crippen LogP contribution in [0.25, 0.3) is 0 Å². The Morgan fingerprint density at radius 2 is 1.68 bits per heavy atom. The number of esters is 1. The molecule has 118 valence electrons. The van der Waals surface area contributed by atoms with Gasteiger partial charge >= 0.3 is 5.97 Å². The molecule has 4 rings (SSSR count). The van der Waals surface area contributed by atoms with Gasteiger partial charge in [0.05, 0.1) is 0 Å². The molecule has 0 N–H and O–H groups in total. The Labute approximate surface area is 130 Å². The van der Waals surface area contributed by atoms with Crippen molar-refractivity contribution < 1.29 is 9.53 Å². The standard InChI is InChI=1S/C18H23NO3/c20-16-15-14(9-12-19(16)13-7-3-1-4-8-13)18(22-17(15)21)10-5-2-6-11-18/h9,12-13H,1-8,10-11H2. The second kappa shape index (κ2) is 5.25. The van der Waals surface area contributed by atoms with E-state index in [2.05, 4.69) is 0 Å². The molecule has 22 heavy (non-hydrogen) atoms. The van der Waals surface area contributed by atoms with Gasteiger partial charge in [-0.3, -0.25) is 4.79 Å². The van der Waals surface area contributed by atoms with Gasteiger partial charge < -0.3 is 9.30 Å². The fraction of sp³-hybridized carbons (Fsp3) is 0.667. The molecule has 0 atom stereocenters. The minimum Gasteiger partial charge on any atom is -0.450 e. The third-order valence-electron chi connectivity index (χ3n) is 5.73. The van der Waals surface area contributed by atoms with Crippen LogP contribution in [0, 0.1) is 0 Å². The highest BCUT2D eigenvalue weighted by Crippen LogP contribution is 2.45. The predicted molar refractivity (Wildman–Crippen MR) is 83.0 cm³/mol. The fourth-order valence-electron chi connectivity index (χ4n) is 4.55. The first-order valence-corrected chi connectivity index (χ1v) is 8.70. The number of pyridine rings is 1. The lowest BCUT2D eigenvalue weighted by Crippen LogP contribution is -2.31. The lowest BCUT2D eigenvalue weighted by molar-refractivity contribution is -0.0280. The maximum Gasteiger partial charge on any atom is 0.345 e. The largest absolute Gasteiger partial charge is 0.450 e. The van der Waals surface area contributed by atoms with Crippen molar-refractivity contribution in [1.82, 2.24) is 4.57 Å². The Morgan fingerprint density at radius 3 is 2.41 bits per heavy atom. The van der Waals surface area contributed by atoms with Crippen molar-refractivity contribution in [2.45, 2.75) is 75.9 Å². The fourth-order valence-corrected chi connectivity index (χ4v) is 4.55. The molecule has 0 aromatic carbocycles. The maximum absolute atomic E-state index is 12.9. The minimum absolute atomic E-state index is 0.128. The summed E-state index contributed by atoms with van der Waals surface area (Å²) >= 11 is 0. The Hall–Kier alpha value is -1.58. The van der Waals surface area contributed by atoms with Crippen molar-refractivity contribution in [2.75, 3.05) is 0 Å². The summed E-state index contributed by atoms with van der Waals surface area (Å²) in [6.07, 6.45) is 12.6. The average molecular weight is 301 g/mol. The molecule has 2 heterocycles. The van der Waals surface area contributed by atoms with Crippen molar-refractivity contribution in [3.8, 4) is 0 Å². The van der Waals surface area contributed by atoms with E-state index in [1.54, 1.807) is 4.57 Å². The molecule has 2 saturated carbocycles. The van der Waals surface area contributed by atoms with Crippen LogP contribution in [0.3, 0.4) is 0 Å². The molecule has 0 radical (unpaired) electrons. The second-order valence-corrected chi connectivity index (χ2v) is 7.05. The summed E-state index contributed by atoms with van der Waals surface area (Å²) in [4.78, 5) is 25.2. The summed E-state index contributed by atoms with van der Waals surface area (Å²) in [6.45, 7) is 0. The van der Waals surface area contributed by atoms with Crippen LogP contribution < -0.4 is 5.56 Å².